The number of hydrogen-bond acceptors (Lipinski definition) is 3. The van der Waals surface area contributed by atoms with Gasteiger partial charge in [-0.1, -0.05) is 6.42 Å². The van der Waals surface area contributed by atoms with Crippen molar-refractivity contribution in [1.29, 1.82) is 0 Å². The van der Waals surface area contributed by atoms with Crippen molar-refractivity contribution in [3.8, 4) is 0 Å². The second-order valence-electron chi connectivity index (χ2n) is 4.00. The minimum Gasteiger partial charge on any atom is -0.322 e. The van der Waals surface area contributed by atoms with Crippen molar-refractivity contribution in [3.63, 3.8) is 0 Å². The first-order valence-electron chi connectivity index (χ1n) is 5.72. The predicted octanol–water partition coefficient (Wildman–Crippen LogP) is 2.19. The molecule has 3 nitrogen and oxygen atoms in total. The maximum absolute atomic E-state index is 6.31. The second-order valence-corrected chi connectivity index (χ2v) is 5.35. The SMILES string of the molecule is CCn1nccc1C(N)C1CCCCS1. The first kappa shape index (κ1) is 11.0. The lowest BCUT2D eigenvalue weighted by molar-refractivity contribution is 0.524. The smallest absolute Gasteiger partial charge is 0.0587 e. The monoisotopic (exact) mass is 225 g/mol. The van der Waals surface area contributed by atoms with Gasteiger partial charge in [0.1, 0.15) is 0 Å². The zero-order chi connectivity index (χ0) is 10.7. The summed E-state index contributed by atoms with van der Waals surface area (Å²) in [7, 11) is 0. The zero-order valence-electron chi connectivity index (χ0n) is 9.22. The lowest BCUT2D eigenvalue weighted by atomic mass is 10.1. The van der Waals surface area contributed by atoms with Crippen LogP contribution in [0.1, 0.15) is 37.9 Å². The molecule has 0 radical (unpaired) electrons. The maximum atomic E-state index is 6.31. The van der Waals surface area contributed by atoms with E-state index < -0.39 is 0 Å². The maximum Gasteiger partial charge on any atom is 0.0587 e. The van der Waals surface area contributed by atoms with Crippen molar-refractivity contribution >= 4 is 11.8 Å². The zero-order valence-corrected chi connectivity index (χ0v) is 10.0. The van der Waals surface area contributed by atoms with Gasteiger partial charge in [-0.3, -0.25) is 4.68 Å². The lowest BCUT2D eigenvalue weighted by Gasteiger charge is -2.27. The molecule has 0 aliphatic carbocycles. The molecular weight excluding hydrogens is 206 g/mol. The summed E-state index contributed by atoms with van der Waals surface area (Å²) in [6.07, 6.45) is 5.78. The van der Waals surface area contributed by atoms with Crippen LogP contribution in [0.2, 0.25) is 0 Å². The van der Waals surface area contributed by atoms with Crippen LogP contribution in [-0.2, 0) is 6.54 Å². The van der Waals surface area contributed by atoms with Crippen LogP contribution < -0.4 is 5.73 Å². The van der Waals surface area contributed by atoms with Crippen LogP contribution in [0.4, 0.5) is 0 Å². The summed E-state index contributed by atoms with van der Waals surface area (Å²) in [6, 6.07) is 2.21. The minimum absolute atomic E-state index is 0.151. The van der Waals surface area contributed by atoms with Crippen LogP contribution in [0.5, 0.6) is 0 Å². The van der Waals surface area contributed by atoms with Gasteiger partial charge in [0.2, 0.25) is 0 Å². The number of nitrogens with two attached hydrogens (primary N) is 1. The summed E-state index contributed by atoms with van der Waals surface area (Å²) in [4.78, 5) is 0. The Bertz CT molecular complexity index is 305. The van der Waals surface area contributed by atoms with Crippen molar-refractivity contribution in [2.24, 2.45) is 5.73 Å². The predicted molar refractivity (Wildman–Crippen MR) is 64.9 cm³/mol. The molecule has 2 unspecified atom stereocenters. The third-order valence-electron chi connectivity index (χ3n) is 3.01. The van der Waals surface area contributed by atoms with Crippen molar-refractivity contribution in [2.75, 3.05) is 5.75 Å². The Morgan fingerprint density at radius 1 is 1.67 bits per heavy atom. The molecule has 0 bridgehead atoms. The number of hydrogen-bond donors (Lipinski definition) is 1. The van der Waals surface area contributed by atoms with E-state index in [0.29, 0.717) is 5.25 Å². The topological polar surface area (TPSA) is 43.8 Å². The van der Waals surface area contributed by atoms with Gasteiger partial charge in [-0.2, -0.15) is 16.9 Å². The summed E-state index contributed by atoms with van der Waals surface area (Å²) in [6.45, 7) is 3.02. The van der Waals surface area contributed by atoms with Crippen molar-refractivity contribution in [3.05, 3.63) is 18.0 Å². The van der Waals surface area contributed by atoms with E-state index in [-0.39, 0.29) is 6.04 Å². The fraction of sp³-hybridized carbons (Fsp3) is 0.727. The van der Waals surface area contributed by atoms with Crippen molar-refractivity contribution < 1.29 is 0 Å². The Kier molecular flexibility index (Phi) is 3.70. The Hall–Kier alpha value is -0.480. The van der Waals surface area contributed by atoms with E-state index in [4.69, 9.17) is 5.73 Å². The van der Waals surface area contributed by atoms with E-state index in [2.05, 4.69) is 18.1 Å². The quantitative estimate of drug-likeness (QED) is 0.857. The van der Waals surface area contributed by atoms with Gasteiger partial charge < -0.3 is 5.73 Å². The number of aromatic nitrogens is 2. The second kappa shape index (κ2) is 5.03. The van der Waals surface area contributed by atoms with Gasteiger partial charge in [0.15, 0.2) is 0 Å². The Balaban J connectivity index is 2.08. The number of aryl methyl sites for hydroxylation is 1. The Labute approximate surface area is 95.4 Å². The van der Waals surface area contributed by atoms with Gasteiger partial charge in [-0.15, -0.1) is 0 Å². The van der Waals surface area contributed by atoms with E-state index in [0.717, 1.165) is 6.54 Å². The van der Waals surface area contributed by atoms with Gasteiger partial charge in [0.05, 0.1) is 11.7 Å². The first-order chi connectivity index (χ1) is 7.33. The van der Waals surface area contributed by atoms with Crippen LogP contribution in [0.25, 0.3) is 0 Å². The fourth-order valence-corrected chi connectivity index (χ4v) is 3.48. The van der Waals surface area contributed by atoms with Crippen LogP contribution in [0.15, 0.2) is 12.3 Å². The molecule has 1 saturated heterocycles. The third kappa shape index (κ3) is 2.37. The lowest BCUT2D eigenvalue weighted by Crippen LogP contribution is -2.28. The van der Waals surface area contributed by atoms with E-state index >= 15 is 0 Å². The molecule has 1 aliphatic heterocycles. The molecule has 4 heteroatoms. The Morgan fingerprint density at radius 2 is 2.53 bits per heavy atom. The summed E-state index contributed by atoms with van der Waals surface area (Å²) in [5, 5.41) is 4.86. The number of rotatable bonds is 3. The van der Waals surface area contributed by atoms with Gasteiger partial charge in [-0.25, -0.2) is 0 Å². The molecule has 1 aliphatic rings. The van der Waals surface area contributed by atoms with E-state index in [1.54, 1.807) is 0 Å². The molecule has 0 spiro atoms. The molecule has 0 amide bonds. The van der Waals surface area contributed by atoms with Crippen LogP contribution in [0, 0.1) is 0 Å². The highest BCUT2D eigenvalue weighted by Gasteiger charge is 2.24. The molecule has 1 aromatic heterocycles. The largest absolute Gasteiger partial charge is 0.322 e. The molecule has 1 fully saturated rings. The van der Waals surface area contributed by atoms with Crippen molar-refractivity contribution in [2.45, 2.75) is 44.0 Å². The van der Waals surface area contributed by atoms with Gasteiger partial charge in [0.25, 0.3) is 0 Å². The number of thioether (sulfide) groups is 1. The summed E-state index contributed by atoms with van der Waals surface area (Å²) >= 11 is 2.02. The highest BCUT2D eigenvalue weighted by Crippen LogP contribution is 2.33. The number of nitrogens with zero attached hydrogens (tertiary/aromatic N) is 2. The molecule has 84 valence electrons. The molecule has 0 saturated carbocycles. The average Bonchev–Trinajstić information content (AvgIpc) is 2.77. The summed E-state index contributed by atoms with van der Waals surface area (Å²) < 4.78 is 2.01. The molecule has 2 atom stereocenters. The van der Waals surface area contributed by atoms with Crippen molar-refractivity contribution in [1.82, 2.24) is 9.78 Å². The summed E-state index contributed by atoms with van der Waals surface area (Å²) in [5.41, 5.74) is 7.50. The summed E-state index contributed by atoms with van der Waals surface area (Å²) in [5.74, 6) is 1.26. The minimum atomic E-state index is 0.151. The van der Waals surface area contributed by atoms with E-state index in [1.165, 1.54) is 30.7 Å². The molecule has 1 aromatic rings. The van der Waals surface area contributed by atoms with E-state index in [1.807, 2.05) is 22.6 Å². The molecule has 0 aromatic carbocycles. The average molecular weight is 225 g/mol. The Morgan fingerprint density at radius 3 is 3.20 bits per heavy atom. The molecule has 2 N–H and O–H groups in total. The van der Waals surface area contributed by atoms with Gasteiger partial charge in [0, 0.05) is 18.0 Å². The highest BCUT2D eigenvalue weighted by molar-refractivity contribution is 8.00. The third-order valence-corrected chi connectivity index (χ3v) is 4.49. The van der Waals surface area contributed by atoms with Crippen LogP contribution >= 0.6 is 11.8 Å². The highest BCUT2D eigenvalue weighted by atomic mass is 32.2. The van der Waals surface area contributed by atoms with Gasteiger partial charge >= 0.3 is 0 Å². The molecular formula is C11H19N3S. The van der Waals surface area contributed by atoms with Crippen LogP contribution in [0.3, 0.4) is 0 Å². The fourth-order valence-electron chi connectivity index (χ4n) is 2.13. The molecule has 15 heavy (non-hydrogen) atoms. The first-order valence-corrected chi connectivity index (χ1v) is 6.76. The molecule has 2 heterocycles. The molecule has 2 rings (SSSR count). The van der Waals surface area contributed by atoms with E-state index in [9.17, 15) is 0 Å². The standard InChI is InChI=1S/C11H19N3S/c1-2-14-9(6-7-13-14)11(12)10-5-3-4-8-15-10/h6-7,10-11H,2-5,8,12H2,1H3. The normalized spacial score (nSPS) is 24.0. The van der Waals surface area contributed by atoms with Crippen LogP contribution in [-0.4, -0.2) is 20.8 Å². The van der Waals surface area contributed by atoms with Gasteiger partial charge in [-0.05, 0) is 31.6 Å².